The molecule has 0 aliphatic carbocycles. The molecule has 0 unspecified atom stereocenters. The largest absolute Gasteiger partial charge is 0.465 e. The van der Waals surface area contributed by atoms with Crippen LogP contribution in [0.3, 0.4) is 0 Å². The third kappa shape index (κ3) is 4.08. The summed E-state index contributed by atoms with van der Waals surface area (Å²) >= 11 is 0.988. The quantitative estimate of drug-likeness (QED) is 0.545. The number of hydrogen-bond acceptors (Lipinski definition) is 8. The fourth-order valence-corrected chi connectivity index (χ4v) is 4.27. The summed E-state index contributed by atoms with van der Waals surface area (Å²) in [5.74, 6) is -0.739. The summed E-state index contributed by atoms with van der Waals surface area (Å²) < 4.78 is 33.9. The second kappa shape index (κ2) is 7.62. The van der Waals surface area contributed by atoms with E-state index >= 15 is 0 Å². The third-order valence-corrected chi connectivity index (χ3v) is 5.85. The average Bonchev–Trinajstić information content (AvgIpc) is 2.80. The smallest absolute Gasteiger partial charge is 0.350 e. The Morgan fingerprint density at radius 3 is 2.57 bits per heavy atom. The molecule has 0 radical (unpaired) electrons. The molecule has 7 nitrogen and oxygen atoms in total. The molecule has 0 spiro atoms. The molecular formula is C12H20N2O5S2. The van der Waals surface area contributed by atoms with Crippen molar-refractivity contribution in [1.29, 1.82) is 0 Å². The Hall–Kier alpha value is -1.32. The summed E-state index contributed by atoms with van der Waals surface area (Å²) in [4.78, 5) is 11.7. The standard InChI is InChI=1S/C12H20N2O5S2/c1-4-21(16,17)10-8(13)9(12(15)19-3)20-11(10)14-6-5-7-18-2/h14H,4-7,13H2,1-3H3. The van der Waals surface area contributed by atoms with E-state index in [1.807, 2.05) is 0 Å². The first-order valence-corrected chi connectivity index (χ1v) is 8.82. The van der Waals surface area contributed by atoms with Crippen molar-refractivity contribution in [1.82, 2.24) is 0 Å². The Bertz CT molecular complexity index is 595. The molecule has 21 heavy (non-hydrogen) atoms. The number of hydrogen-bond donors (Lipinski definition) is 2. The minimum Gasteiger partial charge on any atom is -0.465 e. The fraction of sp³-hybridized carbons (Fsp3) is 0.583. The Labute approximate surface area is 128 Å². The van der Waals surface area contributed by atoms with Crippen LogP contribution in [0.1, 0.15) is 23.0 Å². The summed E-state index contributed by atoms with van der Waals surface area (Å²) in [7, 11) is -0.727. The average molecular weight is 336 g/mol. The first-order valence-electron chi connectivity index (χ1n) is 6.35. The fourth-order valence-electron chi connectivity index (χ4n) is 1.66. The number of nitrogens with two attached hydrogens (primary N) is 1. The van der Waals surface area contributed by atoms with Crippen LogP contribution in [0.4, 0.5) is 10.7 Å². The Balaban J connectivity index is 3.18. The van der Waals surface area contributed by atoms with Gasteiger partial charge >= 0.3 is 5.97 Å². The van der Waals surface area contributed by atoms with Gasteiger partial charge in [0.1, 0.15) is 14.8 Å². The number of rotatable bonds is 8. The molecule has 1 rings (SSSR count). The van der Waals surface area contributed by atoms with Crippen molar-refractivity contribution in [3.8, 4) is 0 Å². The third-order valence-electron chi connectivity index (χ3n) is 2.77. The lowest BCUT2D eigenvalue weighted by atomic mass is 10.4. The van der Waals surface area contributed by atoms with Gasteiger partial charge in [0.25, 0.3) is 0 Å². The van der Waals surface area contributed by atoms with Gasteiger partial charge in [-0.2, -0.15) is 0 Å². The lowest BCUT2D eigenvalue weighted by Crippen LogP contribution is -2.11. The van der Waals surface area contributed by atoms with Crippen molar-refractivity contribution >= 4 is 37.8 Å². The molecule has 0 aromatic carbocycles. The number of anilines is 2. The lowest BCUT2D eigenvalue weighted by Gasteiger charge is -2.07. The predicted molar refractivity (Wildman–Crippen MR) is 82.8 cm³/mol. The number of esters is 1. The van der Waals surface area contributed by atoms with E-state index in [1.165, 1.54) is 14.0 Å². The van der Waals surface area contributed by atoms with Gasteiger partial charge in [-0.25, -0.2) is 13.2 Å². The van der Waals surface area contributed by atoms with Crippen LogP contribution in [0.2, 0.25) is 0 Å². The van der Waals surface area contributed by atoms with Gasteiger partial charge in [-0.1, -0.05) is 6.92 Å². The van der Waals surface area contributed by atoms with Crippen LogP contribution < -0.4 is 11.1 Å². The van der Waals surface area contributed by atoms with E-state index in [-0.39, 0.29) is 21.2 Å². The van der Waals surface area contributed by atoms with Gasteiger partial charge in [-0.05, 0) is 6.42 Å². The van der Waals surface area contributed by atoms with Gasteiger partial charge in [0, 0.05) is 20.3 Å². The highest BCUT2D eigenvalue weighted by Crippen LogP contribution is 2.40. The molecule has 0 amide bonds. The molecule has 0 fully saturated rings. The second-order valence-corrected chi connectivity index (χ2v) is 7.41. The molecule has 0 aliphatic rings. The van der Waals surface area contributed by atoms with Gasteiger partial charge in [-0.15, -0.1) is 11.3 Å². The number of carbonyl (C=O) groups excluding carboxylic acids is 1. The maximum atomic E-state index is 12.2. The maximum Gasteiger partial charge on any atom is 0.350 e. The number of methoxy groups -OCH3 is 2. The molecule has 1 aromatic heterocycles. The van der Waals surface area contributed by atoms with E-state index in [9.17, 15) is 13.2 Å². The molecule has 0 aliphatic heterocycles. The van der Waals surface area contributed by atoms with Gasteiger partial charge in [0.15, 0.2) is 9.84 Å². The Morgan fingerprint density at radius 2 is 2.05 bits per heavy atom. The van der Waals surface area contributed by atoms with Crippen LogP contribution >= 0.6 is 11.3 Å². The first kappa shape index (κ1) is 17.7. The zero-order valence-corrected chi connectivity index (χ0v) is 13.9. The zero-order chi connectivity index (χ0) is 16.0. The van der Waals surface area contributed by atoms with E-state index < -0.39 is 15.8 Å². The molecule has 0 bridgehead atoms. The summed E-state index contributed by atoms with van der Waals surface area (Å²) in [6, 6.07) is 0. The summed E-state index contributed by atoms with van der Waals surface area (Å²) in [5.41, 5.74) is 5.79. The van der Waals surface area contributed by atoms with E-state index in [0.29, 0.717) is 24.6 Å². The number of sulfone groups is 1. The minimum absolute atomic E-state index is 0.0205. The van der Waals surface area contributed by atoms with Crippen molar-refractivity contribution in [3.63, 3.8) is 0 Å². The predicted octanol–water partition coefficient (Wildman–Crippen LogP) is 1.36. The monoisotopic (exact) mass is 336 g/mol. The molecule has 0 saturated heterocycles. The number of thiophene rings is 1. The summed E-state index contributed by atoms with van der Waals surface area (Å²) in [5, 5.41) is 3.37. The molecule has 0 atom stereocenters. The van der Waals surface area contributed by atoms with Crippen LogP contribution in [0.5, 0.6) is 0 Å². The lowest BCUT2D eigenvalue weighted by molar-refractivity contribution is 0.0607. The molecular weight excluding hydrogens is 316 g/mol. The van der Waals surface area contributed by atoms with Gasteiger partial charge in [-0.3, -0.25) is 0 Å². The highest BCUT2D eigenvalue weighted by molar-refractivity contribution is 7.91. The van der Waals surface area contributed by atoms with Crippen molar-refractivity contribution in [2.45, 2.75) is 18.2 Å². The van der Waals surface area contributed by atoms with Crippen molar-refractivity contribution < 1.29 is 22.7 Å². The molecule has 9 heteroatoms. The Morgan fingerprint density at radius 1 is 1.38 bits per heavy atom. The molecule has 1 heterocycles. The zero-order valence-electron chi connectivity index (χ0n) is 12.3. The van der Waals surface area contributed by atoms with Crippen molar-refractivity contribution in [2.24, 2.45) is 0 Å². The van der Waals surface area contributed by atoms with Gasteiger partial charge in [0.2, 0.25) is 0 Å². The van der Waals surface area contributed by atoms with E-state index in [0.717, 1.165) is 11.3 Å². The minimum atomic E-state index is -3.54. The molecule has 1 aromatic rings. The van der Waals surface area contributed by atoms with Crippen LogP contribution in [-0.2, 0) is 19.3 Å². The highest BCUT2D eigenvalue weighted by atomic mass is 32.2. The summed E-state index contributed by atoms with van der Waals surface area (Å²) in [6.45, 7) is 2.59. The molecule has 120 valence electrons. The van der Waals surface area contributed by atoms with Crippen molar-refractivity contribution in [3.05, 3.63) is 4.88 Å². The Kier molecular flexibility index (Phi) is 6.43. The van der Waals surface area contributed by atoms with E-state index in [4.69, 9.17) is 10.5 Å². The topological polar surface area (TPSA) is 108 Å². The first-order chi connectivity index (χ1) is 9.88. The molecule has 3 N–H and O–H groups in total. The number of nitrogens with one attached hydrogen (secondary N) is 1. The van der Waals surface area contributed by atoms with E-state index in [1.54, 1.807) is 7.11 Å². The number of carbonyl (C=O) groups is 1. The van der Waals surface area contributed by atoms with Crippen LogP contribution in [0, 0.1) is 0 Å². The normalized spacial score (nSPS) is 11.4. The summed E-state index contributed by atoms with van der Waals surface area (Å²) in [6.07, 6.45) is 0.702. The number of nitrogen functional groups attached to an aromatic ring is 1. The maximum absolute atomic E-state index is 12.2. The van der Waals surface area contributed by atoms with Crippen LogP contribution in [0.25, 0.3) is 0 Å². The highest BCUT2D eigenvalue weighted by Gasteiger charge is 2.28. The van der Waals surface area contributed by atoms with Crippen LogP contribution in [0.15, 0.2) is 4.90 Å². The SMILES string of the molecule is CCS(=O)(=O)c1c(NCCCOC)sc(C(=O)OC)c1N. The molecule has 0 saturated carbocycles. The second-order valence-electron chi connectivity index (χ2n) is 4.17. The van der Waals surface area contributed by atoms with Gasteiger partial charge in [0.05, 0.1) is 18.6 Å². The van der Waals surface area contributed by atoms with Gasteiger partial charge < -0.3 is 20.5 Å². The van der Waals surface area contributed by atoms with Crippen molar-refractivity contribution in [2.75, 3.05) is 44.2 Å². The number of ether oxygens (including phenoxy) is 2. The van der Waals surface area contributed by atoms with Crippen LogP contribution in [-0.4, -0.2) is 47.5 Å². The van der Waals surface area contributed by atoms with E-state index in [2.05, 4.69) is 10.1 Å².